The molecular formula is C27H31F2N7O4. The van der Waals surface area contributed by atoms with Gasteiger partial charge in [-0.25, -0.2) is 23.7 Å². The summed E-state index contributed by atoms with van der Waals surface area (Å²) in [6, 6.07) is 2.35. The molecule has 5 rings (SSSR count). The number of fused-ring (bicyclic) bond motifs is 1. The standard InChI is InChI=1S/C27H31F2N7O4/c1-17(24(37)33-21-13-32-23(14-31-21)40-20-5-4-18(28)12-19(20)29)34-10-11-36(26(2,3)15-34)25(38)27(39)7-6-22-30-8-9-35(22)16-27/h4-5,8-9,12-14,17,39H,6-7,10-11,15-16H2,1-3H3,(H,31,33,37)/t17-,27+/m0/s1. The molecule has 13 heteroatoms. The van der Waals surface area contributed by atoms with Crippen molar-refractivity contribution in [3.05, 3.63) is 60.4 Å². The monoisotopic (exact) mass is 555 g/mol. The summed E-state index contributed by atoms with van der Waals surface area (Å²) in [7, 11) is 0. The molecule has 2 amide bonds. The van der Waals surface area contributed by atoms with Gasteiger partial charge in [-0.3, -0.25) is 14.5 Å². The summed E-state index contributed by atoms with van der Waals surface area (Å²) in [4.78, 5) is 42.6. The first kappa shape index (κ1) is 27.6. The number of hydrogen-bond acceptors (Lipinski definition) is 8. The molecule has 2 atom stereocenters. The van der Waals surface area contributed by atoms with Crippen LogP contribution in [0, 0.1) is 11.6 Å². The second-order valence-corrected chi connectivity index (χ2v) is 10.8. The minimum Gasteiger partial charge on any atom is -0.434 e. The zero-order valence-corrected chi connectivity index (χ0v) is 22.5. The lowest BCUT2D eigenvalue weighted by molar-refractivity contribution is -0.165. The normalized spacial score (nSPS) is 21.4. The third kappa shape index (κ3) is 5.52. The van der Waals surface area contributed by atoms with Gasteiger partial charge in [-0.15, -0.1) is 0 Å². The van der Waals surface area contributed by atoms with Crippen LogP contribution >= 0.6 is 0 Å². The lowest BCUT2D eigenvalue weighted by Gasteiger charge is -2.50. The Morgan fingerprint density at radius 1 is 1.12 bits per heavy atom. The van der Waals surface area contributed by atoms with Gasteiger partial charge in [-0.05, 0) is 39.3 Å². The van der Waals surface area contributed by atoms with E-state index in [4.69, 9.17) is 4.74 Å². The maximum Gasteiger partial charge on any atom is 0.256 e. The number of amides is 2. The summed E-state index contributed by atoms with van der Waals surface area (Å²) in [5.74, 6) is -1.43. The van der Waals surface area contributed by atoms with E-state index < -0.39 is 28.8 Å². The van der Waals surface area contributed by atoms with Crippen molar-refractivity contribution >= 4 is 17.6 Å². The van der Waals surface area contributed by atoms with Crippen molar-refractivity contribution in [2.24, 2.45) is 0 Å². The van der Waals surface area contributed by atoms with E-state index in [-0.39, 0.29) is 35.8 Å². The molecule has 0 radical (unpaired) electrons. The fourth-order valence-corrected chi connectivity index (χ4v) is 5.22. The molecule has 40 heavy (non-hydrogen) atoms. The summed E-state index contributed by atoms with van der Waals surface area (Å²) in [6.45, 7) is 6.99. The lowest BCUT2D eigenvalue weighted by atomic mass is 9.88. The molecule has 2 aromatic heterocycles. The first-order chi connectivity index (χ1) is 18.9. The largest absolute Gasteiger partial charge is 0.434 e. The maximum atomic E-state index is 13.8. The zero-order chi connectivity index (χ0) is 28.7. The predicted octanol–water partition coefficient (Wildman–Crippen LogP) is 2.37. The number of anilines is 1. The van der Waals surface area contributed by atoms with Crippen molar-refractivity contribution < 1.29 is 28.2 Å². The second-order valence-electron chi connectivity index (χ2n) is 10.8. The van der Waals surface area contributed by atoms with E-state index in [0.29, 0.717) is 38.5 Å². The predicted molar refractivity (Wildman–Crippen MR) is 139 cm³/mol. The Morgan fingerprint density at radius 3 is 2.62 bits per heavy atom. The van der Waals surface area contributed by atoms with Crippen molar-refractivity contribution in [3.8, 4) is 11.6 Å². The van der Waals surface area contributed by atoms with Gasteiger partial charge in [0.25, 0.3) is 5.91 Å². The minimum atomic E-state index is -1.51. The van der Waals surface area contributed by atoms with Gasteiger partial charge in [0.15, 0.2) is 23.0 Å². The molecule has 0 saturated carbocycles. The van der Waals surface area contributed by atoms with Crippen LogP contribution in [0.15, 0.2) is 43.0 Å². The average Bonchev–Trinajstić information content (AvgIpc) is 3.37. The highest BCUT2D eigenvalue weighted by atomic mass is 19.1. The number of hydrogen-bond donors (Lipinski definition) is 2. The van der Waals surface area contributed by atoms with E-state index in [1.807, 2.05) is 23.3 Å². The molecule has 2 aliphatic heterocycles. The van der Waals surface area contributed by atoms with E-state index in [2.05, 4.69) is 20.3 Å². The number of ether oxygens (including phenoxy) is 1. The smallest absolute Gasteiger partial charge is 0.256 e. The highest BCUT2D eigenvalue weighted by Gasteiger charge is 2.48. The van der Waals surface area contributed by atoms with Crippen LogP contribution in [-0.4, -0.2) is 83.1 Å². The minimum absolute atomic E-state index is 0.0250. The Labute approximate surface area is 229 Å². The number of nitrogens with one attached hydrogen (secondary N) is 1. The number of piperazine rings is 1. The Balaban J connectivity index is 1.18. The number of aryl methyl sites for hydroxylation is 1. The van der Waals surface area contributed by atoms with Crippen LogP contribution in [0.4, 0.5) is 14.6 Å². The number of aromatic nitrogens is 4. The fraction of sp³-hybridized carbons (Fsp3) is 0.444. The fourth-order valence-electron chi connectivity index (χ4n) is 5.22. The second kappa shape index (κ2) is 10.5. The Bertz CT molecular complexity index is 1410. The van der Waals surface area contributed by atoms with Crippen LogP contribution in [0.2, 0.25) is 0 Å². The zero-order valence-electron chi connectivity index (χ0n) is 22.5. The van der Waals surface area contributed by atoms with Crippen LogP contribution in [0.25, 0.3) is 0 Å². The van der Waals surface area contributed by atoms with E-state index in [1.54, 1.807) is 24.2 Å². The summed E-state index contributed by atoms with van der Waals surface area (Å²) in [5.41, 5.74) is -2.14. The van der Waals surface area contributed by atoms with Gasteiger partial charge in [0.05, 0.1) is 30.5 Å². The Hall–Kier alpha value is -3.97. The van der Waals surface area contributed by atoms with E-state index in [1.165, 1.54) is 12.4 Å². The molecule has 11 nitrogen and oxygen atoms in total. The number of rotatable bonds is 6. The van der Waals surface area contributed by atoms with Gasteiger partial charge in [-0.1, -0.05) is 0 Å². The summed E-state index contributed by atoms with van der Waals surface area (Å²) in [6.07, 6.45) is 6.77. The molecule has 2 aliphatic rings. The van der Waals surface area contributed by atoms with E-state index in [9.17, 15) is 23.5 Å². The van der Waals surface area contributed by atoms with Gasteiger partial charge in [-0.2, -0.15) is 0 Å². The van der Waals surface area contributed by atoms with Crippen LogP contribution in [0.1, 0.15) is 33.0 Å². The van der Waals surface area contributed by atoms with Crippen LogP contribution < -0.4 is 10.1 Å². The topological polar surface area (TPSA) is 126 Å². The molecule has 1 saturated heterocycles. The molecule has 3 aromatic rings. The third-order valence-corrected chi connectivity index (χ3v) is 7.49. The number of nitrogens with zero attached hydrogens (tertiary/aromatic N) is 6. The molecule has 4 heterocycles. The van der Waals surface area contributed by atoms with Gasteiger partial charge >= 0.3 is 0 Å². The van der Waals surface area contributed by atoms with Gasteiger partial charge in [0, 0.05) is 44.5 Å². The van der Waals surface area contributed by atoms with Crippen molar-refractivity contribution in [1.29, 1.82) is 0 Å². The number of aliphatic hydroxyl groups is 1. The third-order valence-electron chi connectivity index (χ3n) is 7.49. The molecule has 0 spiro atoms. The SMILES string of the molecule is C[C@@H](C(=O)Nc1cnc(Oc2ccc(F)cc2F)cn1)N1CCN(C(=O)[C@@]2(O)CCc3nccn3C2)C(C)(C)C1. The number of benzene rings is 1. The van der Waals surface area contributed by atoms with E-state index in [0.717, 1.165) is 18.0 Å². The number of halogens is 2. The molecule has 1 fully saturated rings. The van der Waals surface area contributed by atoms with Gasteiger partial charge in [0.2, 0.25) is 11.8 Å². The molecule has 212 valence electrons. The van der Waals surface area contributed by atoms with Crippen LogP contribution in [0.5, 0.6) is 11.6 Å². The van der Waals surface area contributed by atoms with Gasteiger partial charge < -0.3 is 24.6 Å². The van der Waals surface area contributed by atoms with Crippen molar-refractivity contribution in [2.45, 2.75) is 57.3 Å². The van der Waals surface area contributed by atoms with Crippen molar-refractivity contribution in [2.75, 3.05) is 25.0 Å². The Morgan fingerprint density at radius 2 is 1.93 bits per heavy atom. The quantitative estimate of drug-likeness (QED) is 0.475. The lowest BCUT2D eigenvalue weighted by Crippen LogP contribution is -2.67. The number of carbonyl (C=O) groups excluding carboxylic acids is 2. The molecule has 0 bridgehead atoms. The molecule has 0 aliphatic carbocycles. The van der Waals surface area contributed by atoms with Gasteiger partial charge in [0.1, 0.15) is 11.6 Å². The average molecular weight is 556 g/mol. The number of carbonyl (C=O) groups is 2. The van der Waals surface area contributed by atoms with Crippen molar-refractivity contribution in [1.82, 2.24) is 29.3 Å². The highest BCUT2D eigenvalue weighted by Crippen LogP contribution is 2.31. The molecule has 1 aromatic carbocycles. The first-order valence-electron chi connectivity index (χ1n) is 13.0. The maximum absolute atomic E-state index is 13.8. The van der Waals surface area contributed by atoms with E-state index >= 15 is 0 Å². The molecular weight excluding hydrogens is 524 g/mol. The number of imidazole rings is 1. The van der Waals surface area contributed by atoms with Crippen LogP contribution in [-0.2, 0) is 22.6 Å². The summed E-state index contributed by atoms with van der Waals surface area (Å²) in [5, 5.41) is 14.0. The summed E-state index contributed by atoms with van der Waals surface area (Å²) < 4.78 is 34.0. The van der Waals surface area contributed by atoms with Crippen LogP contribution in [0.3, 0.4) is 0 Å². The highest BCUT2D eigenvalue weighted by molar-refractivity contribution is 5.93. The Kier molecular flexibility index (Phi) is 7.27. The first-order valence-corrected chi connectivity index (χ1v) is 13.0. The molecule has 2 N–H and O–H groups in total. The van der Waals surface area contributed by atoms with Crippen molar-refractivity contribution in [3.63, 3.8) is 0 Å². The summed E-state index contributed by atoms with van der Waals surface area (Å²) >= 11 is 0. The molecule has 0 unspecified atom stereocenters.